The monoisotopic (exact) mass is 392 g/mol. The minimum atomic E-state index is -3.89. The number of hydrogen-bond donors (Lipinski definition) is 2. The smallest absolute Gasteiger partial charge is 0.223 e. The number of halogens is 1. The maximum absolute atomic E-state index is 13.0. The zero-order valence-electron chi connectivity index (χ0n) is 12.8. The summed E-state index contributed by atoms with van der Waals surface area (Å²) < 4.78 is 66.7. The van der Waals surface area contributed by atoms with E-state index < -0.39 is 31.1 Å². The largest absolute Gasteiger partial charge is 0.276 e. The Morgan fingerprint density at radius 3 is 2.29 bits per heavy atom. The predicted molar refractivity (Wildman–Crippen MR) is 91.2 cm³/mol. The van der Waals surface area contributed by atoms with Gasteiger partial charge in [-0.05, 0) is 35.7 Å². The number of benzene rings is 1. The third-order valence-electron chi connectivity index (χ3n) is 3.17. The molecule has 0 aliphatic rings. The SMILES string of the molecule is CCNS(=O)(=O)NCC(c1cccs1)S(=O)(=O)c1ccc(F)cc1. The molecule has 0 saturated carbocycles. The maximum atomic E-state index is 13.0. The second-order valence-electron chi connectivity index (χ2n) is 4.85. The van der Waals surface area contributed by atoms with Crippen LogP contribution < -0.4 is 9.44 Å². The Balaban J connectivity index is 2.35. The van der Waals surface area contributed by atoms with Crippen LogP contribution in [-0.2, 0) is 20.0 Å². The highest BCUT2D eigenvalue weighted by molar-refractivity contribution is 7.92. The lowest BCUT2D eigenvalue weighted by Gasteiger charge is -2.17. The van der Waals surface area contributed by atoms with E-state index in [1.807, 2.05) is 0 Å². The second-order valence-corrected chi connectivity index (χ2v) is 9.55. The topological polar surface area (TPSA) is 92.3 Å². The Morgan fingerprint density at radius 1 is 1.08 bits per heavy atom. The van der Waals surface area contributed by atoms with Crippen LogP contribution in [0.1, 0.15) is 17.1 Å². The van der Waals surface area contributed by atoms with Gasteiger partial charge in [-0.3, -0.25) is 0 Å². The zero-order valence-corrected chi connectivity index (χ0v) is 15.2. The van der Waals surface area contributed by atoms with Crippen molar-refractivity contribution < 1.29 is 21.2 Å². The van der Waals surface area contributed by atoms with E-state index in [9.17, 15) is 21.2 Å². The minimum absolute atomic E-state index is 0.0649. The molecular formula is C14H17FN2O4S3. The van der Waals surface area contributed by atoms with E-state index in [4.69, 9.17) is 0 Å². The van der Waals surface area contributed by atoms with Crippen LogP contribution in [0.5, 0.6) is 0 Å². The van der Waals surface area contributed by atoms with Gasteiger partial charge in [0.05, 0.1) is 4.90 Å². The lowest BCUT2D eigenvalue weighted by atomic mass is 10.3. The van der Waals surface area contributed by atoms with Gasteiger partial charge in [0.2, 0.25) is 0 Å². The first-order valence-electron chi connectivity index (χ1n) is 7.03. The van der Waals surface area contributed by atoms with Crippen LogP contribution in [0.4, 0.5) is 4.39 Å². The number of rotatable bonds is 8. The van der Waals surface area contributed by atoms with Crippen molar-refractivity contribution >= 4 is 31.4 Å². The molecule has 0 aliphatic heterocycles. The Kier molecular flexibility index (Phi) is 6.10. The summed E-state index contributed by atoms with van der Waals surface area (Å²) in [7, 11) is -7.68. The Hall–Kier alpha value is -1.33. The molecule has 0 radical (unpaired) electrons. The zero-order chi connectivity index (χ0) is 17.8. The van der Waals surface area contributed by atoms with E-state index >= 15 is 0 Å². The molecule has 0 saturated heterocycles. The normalized spacial score (nSPS) is 13.8. The fourth-order valence-corrected chi connectivity index (χ4v) is 5.81. The van der Waals surface area contributed by atoms with E-state index in [1.165, 1.54) is 23.5 Å². The van der Waals surface area contributed by atoms with Gasteiger partial charge in [0.25, 0.3) is 10.2 Å². The fraction of sp³-hybridized carbons (Fsp3) is 0.286. The molecule has 2 aromatic rings. The Bertz CT molecular complexity index is 863. The molecule has 6 nitrogen and oxygen atoms in total. The highest BCUT2D eigenvalue weighted by Gasteiger charge is 2.31. The fourth-order valence-electron chi connectivity index (χ4n) is 2.05. The molecule has 24 heavy (non-hydrogen) atoms. The van der Waals surface area contributed by atoms with Crippen molar-refractivity contribution in [3.63, 3.8) is 0 Å². The standard InChI is InChI=1S/C14H17FN2O4S3/c1-2-16-24(20,21)17-10-14(13-4-3-9-22-13)23(18,19)12-7-5-11(15)6-8-12/h3-9,14,16-17H,2,10H2,1H3. The van der Waals surface area contributed by atoms with Gasteiger partial charge in [-0.15, -0.1) is 11.3 Å². The molecule has 0 fully saturated rings. The third-order valence-corrected chi connectivity index (χ3v) is 7.62. The molecule has 1 heterocycles. The maximum Gasteiger partial charge on any atom is 0.276 e. The first kappa shape index (κ1) is 19.0. The van der Waals surface area contributed by atoms with E-state index in [0.29, 0.717) is 4.88 Å². The van der Waals surface area contributed by atoms with Crippen molar-refractivity contribution in [2.75, 3.05) is 13.1 Å². The van der Waals surface area contributed by atoms with Crippen LogP contribution in [0, 0.1) is 5.82 Å². The Morgan fingerprint density at radius 2 is 1.75 bits per heavy atom. The van der Waals surface area contributed by atoms with Crippen molar-refractivity contribution in [2.45, 2.75) is 17.1 Å². The van der Waals surface area contributed by atoms with E-state index in [1.54, 1.807) is 24.4 Å². The van der Waals surface area contributed by atoms with Gasteiger partial charge < -0.3 is 0 Å². The summed E-state index contributed by atoms with van der Waals surface area (Å²) in [5, 5.41) is 0.609. The summed E-state index contributed by atoms with van der Waals surface area (Å²) in [4.78, 5) is 0.434. The second kappa shape index (κ2) is 7.70. The average Bonchev–Trinajstić information content (AvgIpc) is 3.01. The molecule has 0 aliphatic carbocycles. The molecule has 1 unspecified atom stereocenters. The first-order chi connectivity index (χ1) is 11.3. The summed E-state index contributed by atoms with van der Waals surface area (Å²) >= 11 is 1.21. The summed E-state index contributed by atoms with van der Waals surface area (Å²) in [6.07, 6.45) is 0. The molecular weight excluding hydrogens is 375 g/mol. The molecule has 2 rings (SSSR count). The van der Waals surface area contributed by atoms with Crippen LogP contribution in [-0.4, -0.2) is 29.9 Å². The molecule has 1 atom stereocenters. The van der Waals surface area contributed by atoms with Gasteiger partial charge in [-0.2, -0.15) is 8.42 Å². The van der Waals surface area contributed by atoms with Crippen molar-refractivity contribution in [2.24, 2.45) is 0 Å². The summed E-state index contributed by atoms with van der Waals surface area (Å²) in [6, 6.07) is 7.76. The number of sulfone groups is 1. The number of nitrogens with one attached hydrogen (secondary N) is 2. The number of hydrogen-bond acceptors (Lipinski definition) is 5. The molecule has 0 amide bonds. The van der Waals surface area contributed by atoms with Crippen LogP contribution in [0.3, 0.4) is 0 Å². The van der Waals surface area contributed by atoms with E-state index in [2.05, 4.69) is 9.44 Å². The summed E-state index contributed by atoms with van der Waals surface area (Å²) in [5.41, 5.74) is 0. The van der Waals surface area contributed by atoms with Crippen molar-refractivity contribution in [1.29, 1.82) is 0 Å². The minimum Gasteiger partial charge on any atom is -0.223 e. The van der Waals surface area contributed by atoms with Crippen LogP contribution in [0.2, 0.25) is 0 Å². The Labute approximate surface area is 144 Å². The first-order valence-corrected chi connectivity index (χ1v) is 10.9. The van der Waals surface area contributed by atoms with E-state index in [0.717, 1.165) is 12.1 Å². The molecule has 1 aromatic carbocycles. The van der Waals surface area contributed by atoms with Crippen LogP contribution in [0.15, 0.2) is 46.7 Å². The van der Waals surface area contributed by atoms with Crippen LogP contribution in [0.25, 0.3) is 0 Å². The quantitative estimate of drug-likeness (QED) is 0.671. The molecule has 10 heteroatoms. The number of thiophene rings is 1. The predicted octanol–water partition coefficient (Wildman–Crippen LogP) is 1.85. The average molecular weight is 392 g/mol. The third kappa shape index (κ3) is 4.61. The van der Waals surface area contributed by atoms with Gasteiger partial charge in [0.15, 0.2) is 9.84 Å². The van der Waals surface area contributed by atoms with Crippen molar-refractivity contribution in [3.8, 4) is 0 Å². The molecule has 1 aromatic heterocycles. The summed E-state index contributed by atoms with van der Waals surface area (Å²) in [6.45, 7) is 1.48. The van der Waals surface area contributed by atoms with Gasteiger partial charge in [0, 0.05) is 18.0 Å². The lowest BCUT2D eigenvalue weighted by molar-refractivity contribution is 0.561. The molecule has 132 valence electrons. The summed E-state index contributed by atoms with van der Waals surface area (Å²) in [5.74, 6) is -0.547. The highest BCUT2D eigenvalue weighted by atomic mass is 32.2. The molecule has 0 bridgehead atoms. The van der Waals surface area contributed by atoms with Gasteiger partial charge in [-0.25, -0.2) is 22.3 Å². The van der Waals surface area contributed by atoms with Crippen molar-refractivity contribution in [1.82, 2.24) is 9.44 Å². The van der Waals surface area contributed by atoms with Gasteiger partial charge in [-0.1, -0.05) is 13.0 Å². The van der Waals surface area contributed by atoms with Gasteiger partial charge in [0.1, 0.15) is 11.1 Å². The highest BCUT2D eigenvalue weighted by Crippen LogP contribution is 2.31. The van der Waals surface area contributed by atoms with Crippen LogP contribution >= 0.6 is 11.3 Å². The van der Waals surface area contributed by atoms with Crippen molar-refractivity contribution in [3.05, 3.63) is 52.5 Å². The molecule has 2 N–H and O–H groups in total. The van der Waals surface area contributed by atoms with E-state index in [-0.39, 0.29) is 18.0 Å². The molecule has 0 spiro atoms. The lowest BCUT2D eigenvalue weighted by Crippen LogP contribution is -2.39. The van der Waals surface area contributed by atoms with Gasteiger partial charge >= 0.3 is 0 Å².